The van der Waals surface area contributed by atoms with Gasteiger partial charge >= 0.3 is 5.97 Å². The summed E-state index contributed by atoms with van der Waals surface area (Å²) in [5.41, 5.74) is 0. The number of ether oxygens (including phenoxy) is 2. The van der Waals surface area contributed by atoms with Crippen LogP contribution in [0.15, 0.2) is 42.5 Å². The number of para-hydroxylation sites is 1. The van der Waals surface area contributed by atoms with Gasteiger partial charge in [0.25, 0.3) is 0 Å². The zero-order chi connectivity index (χ0) is 12.3. The smallest absolute Gasteiger partial charge is 0.327 e. The minimum atomic E-state index is -0.933. The molecule has 0 spiro atoms. The van der Waals surface area contributed by atoms with Gasteiger partial charge in [0.05, 0.1) is 13.2 Å². The lowest BCUT2D eigenvalue weighted by Crippen LogP contribution is -2.07. The highest BCUT2D eigenvalue weighted by Crippen LogP contribution is 2.07. The first kappa shape index (κ1) is 13.3. The number of carboxylic acids is 1. The second-order valence-electron chi connectivity index (χ2n) is 3.30. The fraction of sp³-hybridized carbons (Fsp3) is 0.308. The van der Waals surface area contributed by atoms with E-state index in [-0.39, 0.29) is 0 Å². The summed E-state index contributed by atoms with van der Waals surface area (Å²) in [5.74, 6) is -0.112. The highest BCUT2D eigenvalue weighted by atomic mass is 16.5. The van der Waals surface area contributed by atoms with Crippen LogP contribution in [0.2, 0.25) is 0 Å². The average Bonchev–Trinajstić information content (AvgIpc) is 2.33. The Morgan fingerprint density at radius 1 is 1.18 bits per heavy atom. The van der Waals surface area contributed by atoms with Crippen LogP contribution in [0.25, 0.3) is 0 Å². The maximum Gasteiger partial charge on any atom is 0.327 e. The van der Waals surface area contributed by atoms with Crippen LogP contribution in [0.3, 0.4) is 0 Å². The van der Waals surface area contributed by atoms with Gasteiger partial charge in [-0.3, -0.25) is 0 Å². The fourth-order valence-electron chi connectivity index (χ4n) is 1.17. The average molecular weight is 236 g/mol. The molecule has 4 heteroatoms. The van der Waals surface area contributed by atoms with E-state index in [0.29, 0.717) is 26.2 Å². The molecule has 0 saturated carbocycles. The topological polar surface area (TPSA) is 55.8 Å². The predicted octanol–water partition coefficient (Wildman–Crippen LogP) is 2.11. The molecule has 92 valence electrons. The maximum absolute atomic E-state index is 10.1. The quantitative estimate of drug-likeness (QED) is 0.555. The Morgan fingerprint density at radius 3 is 2.65 bits per heavy atom. The van der Waals surface area contributed by atoms with Gasteiger partial charge in [-0.2, -0.15) is 0 Å². The zero-order valence-electron chi connectivity index (χ0n) is 9.54. The number of aliphatic carboxylic acids is 1. The van der Waals surface area contributed by atoms with Crippen LogP contribution < -0.4 is 4.74 Å². The van der Waals surface area contributed by atoms with Gasteiger partial charge < -0.3 is 14.6 Å². The molecular weight excluding hydrogens is 220 g/mol. The van der Waals surface area contributed by atoms with Crippen molar-refractivity contribution in [2.24, 2.45) is 0 Å². The highest BCUT2D eigenvalue weighted by molar-refractivity contribution is 5.79. The summed E-state index contributed by atoms with van der Waals surface area (Å²) in [4.78, 5) is 10.1. The number of benzene rings is 1. The summed E-state index contributed by atoms with van der Waals surface area (Å²) in [7, 11) is 0. The van der Waals surface area contributed by atoms with Crippen LogP contribution >= 0.6 is 0 Å². The summed E-state index contributed by atoms with van der Waals surface area (Å²) < 4.78 is 10.7. The molecule has 0 bridgehead atoms. The van der Waals surface area contributed by atoms with Crippen molar-refractivity contribution < 1.29 is 19.4 Å². The minimum Gasteiger partial charge on any atom is -0.491 e. The third kappa shape index (κ3) is 7.14. The number of hydrogen-bond donors (Lipinski definition) is 1. The largest absolute Gasteiger partial charge is 0.491 e. The first-order valence-electron chi connectivity index (χ1n) is 5.44. The van der Waals surface area contributed by atoms with Crippen molar-refractivity contribution in [2.45, 2.75) is 6.42 Å². The van der Waals surface area contributed by atoms with Gasteiger partial charge in [-0.1, -0.05) is 24.3 Å². The van der Waals surface area contributed by atoms with E-state index in [1.54, 1.807) is 6.08 Å². The highest BCUT2D eigenvalue weighted by Gasteiger charge is 1.91. The molecule has 0 radical (unpaired) electrons. The Balaban J connectivity index is 1.96. The first-order valence-corrected chi connectivity index (χ1v) is 5.44. The summed E-state index contributed by atoms with van der Waals surface area (Å²) in [6, 6.07) is 9.52. The summed E-state index contributed by atoms with van der Waals surface area (Å²) in [5, 5.41) is 8.33. The van der Waals surface area contributed by atoms with Gasteiger partial charge in [-0.05, 0) is 18.6 Å². The molecule has 1 aromatic carbocycles. The monoisotopic (exact) mass is 236 g/mol. The standard InChI is InChI=1S/C13H16O4/c14-13(15)8-4-5-9-16-10-11-17-12-6-2-1-3-7-12/h1-4,6-8H,5,9-11H2,(H,14,15). The predicted molar refractivity (Wildman–Crippen MR) is 64.1 cm³/mol. The van der Waals surface area contributed by atoms with Crippen molar-refractivity contribution in [1.82, 2.24) is 0 Å². The van der Waals surface area contributed by atoms with Crippen LogP contribution in [0.4, 0.5) is 0 Å². The molecule has 0 saturated heterocycles. The SMILES string of the molecule is O=C(O)C=CCCOCCOc1ccccc1. The Labute approximate surface area is 100 Å². The molecule has 0 fully saturated rings. The fourth-order valence-corrected chi connectivity index (χ4v) is 1.17. The van der Waals surface area contributed by atoms with Crippen LogP contribution in [0, 0.1) is 0 Å². The minimum absolute atomic E-state index is 0.493. The molecule has 0 unspecified atom stereocenters. The van der Waals surface area contributed by atoms with Crippen LogP contribution in [-0.4, -0.2) is 30.9 Å². The Morgan fingerprint density at radius 2 is 1.94 bits per heavy atom. The molecule has 0 aliphatic heterocycles. The second-order valence-corrected chi connectivity index (χ2v) is 3.30. The molecule has 17 heavy (non-hydrogen) atoms. The normalized spacial score (nSPS) is 10.6. The van der Waals surface area contributed by atoms with E-state index in [1.807, 2.05) is 30.3 Å². The second kappa shape index (κ2) is 8.35. The van der Waals surface area contributed by atoms with Crippen molar-refractivity contribution in [3.63, 3.8) is 0 Å². The van der Waals surface area contributed by atoms with Gasteiger partial charge in [0.1, 0.15) is 12.4 Å². The van der Waals surface area contributed by atoms with Crippen molar-refractivity contribution in [3.05, 3.63) is 42.5 Å². The first-order chi connectivity index (χ1) is 8.29. The van der Waals surface area contributed by atoms with Crippen LogP contribution in [0.1, 0.15) is 6.42 Å². The Hall–Kier alpha value is -1.81. The molecule has 0 aromatic heterocycles. The van der Waals surface area contributed by atoms with Crippen molar-refractivity contribution in [1.29, 1.82) is 0 Å². The van der Waals surface area contributed by atoms with Crippen LogP contribution in [-0.2, 0) is 9.53 Å². The van der Waals surface area contributed by atoms with E-state index in [1.165, 1.54) is 0 Å². The van der Waals surface area contributed by atoms with E-state index in [4.69, 9.17) is 14.6 Å². The van der Waals surface area contributed by atoms with Crippen molar-refractivity contribution >= 4 is 5.97 Å². The van der Waals surface area contributed by atoms with Gasteiger partial charge in [0.15, 0.2) is 0 Å². The number of rotatable bonds is 8. The third-order valence-electron chi connectivity index (χ3n) is 1.93. The van der Waals surface area contributed by atoms with E-state index in [0.717, 1.165) is 11.8 Å². The lowest BCUT2D eigenvalue weighted by atomic mass is 10.3. The van der Waals surface area contributed by atoms with E-state index >= 15 is 0 Å². The van der Waals surface area contributed by atoms with E-state index < -0.39 is 5.97 Å². The third-order valence-corrected chi connectivity index (χ3v) is 1.93. The lowest BCUT2D eigenvalue weighted by molar-refractivity contribution is -0.131. The Kier molecular flexibility index (Phi) is 6.51. The van der Waals surface area contributed by atoms with Crippen LogP contribution in [0.5, 0.6) is 5.75 Å². The molecule has 0 amide bonds. The molecule has 4 nitrogen and oxygen atoms in total. The molecule has 0 aliphatic carbocycles. The summed E-state index contributed by atoms with van der Waals surface area (Å²) in [6.07, 6.45) is 3.28. The number of hydrogen-bond acceptors (Lipinski definition) is 3. The molecule has 1 aromatic rings. The van der Waals surface area contributed by atoms with Gasteiger partial charge in [-0.15, -0.1) is 0 Å². The summed E-state index contributed by atoms with van der Waals surface area (Å²) in [6.45, 7) is 1.49. The Bertz CT molecular complexity index is 346. The van der Waals surface area contributed by atoms with Crippen molar-refractivity contribution in [2.75, 3.05) is 19.8 Å². The van der Waals surface area contributed by atoms with Crippen molar-refractivity contribution in [3.8, 4) is 5.75 Å². The lowest BCUT2D eigenvalue weighted by Gasteiger charge is -2.05. The van der Waals surface area contributed by atoms with E-state index in [9.17, 15) is 4.79 Å². The summed E-state index contributed by atoms with van der Waals surface area (Å²) >= 11 is 0. The van der Waals surface area contributed by atoms with E-state index in [2.05, 4.69) is 0 Å². The molecule has 0 atom stereocenters. The molecule has 1 N–H and O–H groups in total. The zero-order valence-corrected chi connectivity index (χ0v) is 9.54. The molecular formula is C13H16O4. The van der Waals surface area contributed by atoms with Gasteiger partial charge in [0.2, 0.25) is 0 Å². The maximum atomic E-state index is 10.1. The van der Waals surface area contributed by atoms with Gasteiger partial charge in [-0.25, -0.2) is 4.79 Å². The van der Waals surface area contributed by atoms with Gasteiger partial charge in [0, 0.05) is 6.08 Å². The molecule has 0 aliphatic rings. The molecule has 0 heterocycles. The number of carboxylic acid groups (broad SMARTS) is 1. The molecule has 1 rings (SSSR count). The number of carbonyl (C=O) groups is 1.